The van der Waals surface area contributed by atoms with Crippen molar-refractivity contribution in [2.75, 3.05) is 25.5 Å². The van der Waals surface area contributed by atoms with Gasteiger partial charge in [0.2, 0.25) is 5.91 Å². The van der Waals surface area contributed by atoms with Gasteiger partial charge >= 0.3 is 0 Å². The van der Waals surface area contributed by atoms with Crippen LogP contribution in [-0.4, -0.2) is 52.2 Å². The Hall–Kier alpha value is -2.64. The number of piperidine rings is 1. The maximum Gasteiger partial charge on any atom is 0.257 e. The number of amides is 1. The molecule has 25 heavy (non-hydrogen) atoms. The number of methoxy groups -OCH3 is 1. The number of likely N-dealkylation sites (tertiary alicyclic amines) is 1. The van der Waals surface area contributed by atoms with Crippen molar-refractivity contribution in [1.29, 1.82) is 0 Å². The number of carbonyl (C=O) groups is 1. The lowest BCUT2D eigenvalue weighted by atomic mass is 10.0. The molecule has 0 saturated carbocycles. The molecule has 3 rings (SSSR count). The molecular formula is C17H23N5O3. The minimum absolute atomic E-state index is 0.116. The fraction of sp³-hybridized carbons (Fsp3) is 0.529. The van der Waals surface area contributed by atoms with Gasteiger partial charge in [0, 0.05) is 37.1 Å². The van der Waals surface area contributed by atoms with Crippen LogP contribution in [0.1, 0.15) is 29.9 Å². The number of anilines is 1. The van der Waals surface area contributed by atoms with E-state index in [1.807, 2.05) is 18.7 Å². The summed E-state index contributed by atoms with van der Waals surface area (Å²) in [6.45, 7) is 5.13. The van der Waals surface area contributed by atoms with Gasteiger partial charge in [-0.1, -0.05) is 5.16 Å². The summed E-state index contributed by atoms with van der Waals surface area (Å²) < 4.78 is 10.3. The number of hydrogen-bond donors (Lipinski definition) is 1. The van der Waals surface area contributed by atoms with Gasteiger partial charge in [-0.3, -0.25) is 4.79 Å². The maximum atomic E-state index is 12.5. The highest BCUT2D eigenvalue weighted by atomic mass is 16.5. The van der Waals surface area contributed by atoms with Crippen LogP contribution in [0.25, 0.3) is 0 Å². The molecule has 1 N–H and O–H groups in total. The zero-order chi connectivity index (χ0) is 17.8. The first-order valence-electron chi connectivity index (χ1n) is 8.39. The van der Waals surface area contributed by atoms with Crippen LogP contribution in [0.5, 0.6) is 5.88 Å². The Morgan fingerprint density at radius 1 is 1.32 bits per heavy atom. The van der Waals surface area contributed by atoms with Crippen LogP contribution < -0.4 is 10.1 Å². The molecule has 1 saturated heterocycles. The lowest BCUT2D eigenvalue weighted by molar-refractivity contribution is -0.131. The van der Waals surface area contributed by atoms with Crippen LogP contribution in [0.3, 0.4) is 0 Å². The van der Waals surface area contributed by atoms with Crippen LogP contribution in [0.2, 0.25) is 0 Å². The van der Waals surface area contributed by atoms with E-state index in [0.717, 1.165) is 29.9 Å². The van der Waals surface area contributed by atoms with E-state index >= 15 is 0 Å². The molecule has 2 aromatic rings. The third-order valence-electron chi connectivity index (χ3n) is 4.56. The number of nitrogens with one attached hydrogen (secondary N) is 1. The highest BCUT2D eigenvalue weighted by molar-refractivity contribution is 5.79. The molecule has 1 fully saturated rings. The fourth-order valence-electron chi connectivity index (χ4n) is 3.06. The summed E-state index contributed by atoms with van der Waals surface area (Å²) in [6.07, 6.45) is 5.28. The zero-order valence-electron chi connectivity index (χ0n) is 14.8. The molecule has 0 aliphatic carbocycles. The molecule has 2 aromatic heterocycles. The van der Waals surface area contributed by atoms with Crippen molar-refractivity contribution >= 4 is 11.7 Å². The summed E-state index contributed by atoms with van der Waals surface area (Å²) in [5, 5.41) is 7.27. The smallest absolute Gasteiger partial charge is 0.257 e. The minimum Gasteiger partial charge on any atom is -0.478 e. The Kier molecular flexibility index (Phi) is 5.16. The maximum absolute atomic E-state index is 12.5. The Morgan fingerprint density at radius 2 is 2.04 bits per heavy atom. The second-order valence-electron chi connectivity index (χ2n) is 6.19. The van der Waals surface area contributed by atoms with Gasteiger partial charge in [-0.05, 0) is 26.7 Å². The molecule has 0 unspecified atom stereocenters. The lowest BCUT2D eigenvalue weighted by Gasteiger charge is -2.32. The van der Waals surface area contributed by atoms with E-state index < -0.39 is 0 Å². The third kappa shape index (κ3) is 3.89. The Balaban J connectivity index is 1.54. The second kappa shape index (κ2) is 7.50. The Bertz CT molecular complexity index is 718. The number of ether oxygens (including phenoxy) is 1. The van der Waals surface area contributed by atoms with Gasteiger partial charge in [-0.2, -0.15) is 0 Å². The summed E-state index contributed by atoms with van der Waals surface area (Å²) in [5.41, 5.74) is 1.69. The number of aryl methyl sites for hydroxylation is 2. The predicted molar refractivity (Wildman–Crippen MR) is 91.5 cm³/mol. The molecule has 1 aliphatic rings. The van der Waals surface area contributed by atoms with E-state index in [4.69, 9.17) is 9.26 Å². The van der Waals surface area contributed by atoms with Gasteiger partial charge in [0.05, 0.1) is 19.2 Å². The second-order valence-corrected chi connectivity index (χ2v) is 6.19. The molecule has 0 bridgehead atoms. The summed E-state index contributed by atoms with van der Waals surface area (Å²) in [4.78, 5) is 22.8. The highest BCUT2D eigenvalue weighted by Gasteiger charge is 2.25. The first-order valence-corrected chi connectivity index (χ1v) is 8.39. The molecule has 1 amide bonds. The number of hydrogen-bond acceptors (Lipinski definition) is 7. The molecule has 0 atom stereocenters. The summed E-state index contributed by atoms with van der Waals surface area (Å²) in [6, 6.07) is 0.244. The minimum atomic E-state index is 0.116. The summed E-state index contributed by atoms with van der Waals surface area (Å²) in [7, 11) is 1.57. The van der Waals surface area contributed by atoms with Crippen molar-refractivity contribution < 1.29 is 14.1 Å². The molecule has 3 heterocycles. The van der Waals surface area contributed by atoms with Crippen LogP contribution in [-0.2, 0) is 11.2 Å². The van der Waals surface area contributed by atoms with Gasteiger partial charge < -0.3 is 19.5 Å². The first kappa shape index (κ1) is 17.2. The number of rotatable bonds is 5. The molecule has 0 radical (unpaired) electrons. The quantitative estimate of drug-likeness (QED) is 0.882. The number of aromatic nitrogens is 3. The molecule has 8 nitrogen and oxygen atoms in total. The van der Waals surface area contributed by atoms with E-state index in [9.17, 15) is 4.79 Å². The molecule has 0 spiro atoms. The van der Waals surface area contributed by atoms with Gasteiger partial charge in [0.15, 0.2) is 5.82 Å². The summed E-state index contributed by atoms with van der Waals surface area (Å²) >= 11 is 0. The molecule has 1 aliphatic heterocycles. The number of carbonyl (C=O) groups excluding carboxylic acids is 1. The molecule has 0 aromatic carbocycles. The van der Waals surface area contributed by atoms with E-state index in [1.165, 1.54) is 0 Å². The fourth-order valence-corrected chi connectivity index (χ4v) is 3.06. The topological polar surface area (TPSA) is 93.4 Å². The average Bonchev–Trinajstić information content (AvgIpc) is 2.94. The van der Waals surface area contributed by atoms with Crippen molar-refractivity contribution in [2.45, 2.75) is 39.2 Å². The van der Waals surface area contributed by atoms with Crippen LogP contribution in [0.15, 0.2) is 16.9 Å². The standard InChI is InChI=1S/C17H23N5O3/c1-11-14(12(2)25-21-11)10-15(23)22-8-4-13(5-9-22)20-16-17(24-3)19-7-6-18-16/h6-7,13H,4-5,8-10H2,1-3H3,(H,18,20). The van der Waals surface area contributed by atoms with Gasteiger partial charge in [-0.15, -0.1) is 0 Å². The van der Waals surface area contributed by atoms with Crippen LogP contribution in [0, 0.1) is 13.8 Å². The van der Waals surface area contributed by atoms with Crippen molar-refractivity contribution in [3.8, 4) is 5.88 Å². The SMILES string of the molecule is COc1nccnc1NC1CCN(C(=O)Cc2c(C)noc2C)CC1. The van der Waals surface area contributed by atoms with Gasteiger partial charge in [0.1, 0.15) is 5.76 Å². The van der Waals surface area contributed by atoms with Crippen molar-refractivity contribution in [3.63, 3.8) is 0 Å². The predicted octanol–water partition coefficient (Wildman–Crippen LogP) is 1.74. The van der Waals surface area contributed by atoms with Crippen molar-refractivity contribution in [3.05, 3.63) is 29.4 Å². The normalized spacial score (nSPS) is 15.2. The van der Waals surface area contributed by atoms with Gasteiger partial charge in [0.25, 0.3) is 5.88 Å². The molecule has 8 heteroatoms. The number of nitrogens with zero attached hydrogens (tertiary/aromatic N) is 4. The first-order chi connectivity index (χ1) is 12.1. The summed E-state index contributed by atoms with van der Waals surface area (Å²) in [5.74, 6) is 1.96. The van der Waals surface area contributed by atoms with Crippen molar-refractivity contribution in [2.24, 2.45) is 0 Å². The highest BCUT2D eigenvalue weighted by Crippen LogP contribution is 2.22. The Labute approximate surface area is 146 Å². The average molecular weight is 345 g/mol. The molecular weight excluding hydrogens is 322 g/mol. The van der Waals surface area contributed by atoms with E-state index in [2.05, 4.69) is 20.4 Å². The Morgan fingerprint density at radius 3 is 2.68 bits per heavy atom. The van der Waals surface area contributed by atoms with Gasteiger partial charge in [-0.25, -0.2) is 9.97 Å². The third-order valence-corrected chi connectivity index (χ3v) is 4.56. The van der Waals surface area contributed by atoms with Crippen molar-refractivity contribution in [1.82, 2.24) is 20.0 Å². The lowest BCUT2D eigenvalue weighted by Crippen LogP contribution is -2.43. The van der Waals surface area contributed by atoms with Crippen LogP contribution in [0.4, 0.5) is 5.82 Å². The molecule has 134 valence electrons. The monoisotopic (exact) mass is 345 g/mol. The van der Waals surface area contributed by atoms with Crippen LogP contribution >= 0.6 is 0 Å². The zero-order valence-corrected chi connectivity index (χ0v) is 14.8. The van der Waals surface area contributed by atoms with E-state index in [-0.39, 0.29) is 11.9 Å². The van der Waals surface area contributed by atoms with E-state index in [1.54, 1.807) is 19.5 Å². The largest absolute Gasteiger partial charge is 0.478 e. The van der Waals surface area contributed by atoms with E-state index in [0.29, 0.717) is 31.2 Å².